The van der Waals surface area contributed by atoms with E-state index >= 15 is 0 Å². The van der Waals surface area contributed by atoms with E-state index in [4.69, 9.17) is 0 Å². The molecule has 2 heterocycles. The molecular weight excluding hydrogens is 304 g/mol. The number of carboxylic acids is 1. The Hall–Kier alpha value is -3.15. The number of nitrogens with one attached hydrogen (secondary N) is 1. The first-order valence-electron chi connectivity index (χ1n) is 7.54. The minimum atomic E-state index is -0.971. The molecule has 0 aliphatic carbocycles. The Morgan fingerprint density at radius 1 is 1.17 bits per heavy atom. The Morgan fingerprint density at radius 2 is 1.96 bits per heavy atom. The van der Waals surface area contributed by atoms with Gasteiger partial charge in [0.1, 0.15) is 5.82 Å². The zero-order valence-electron chi connectivity index (χ0n) is 13.7. The van der Waals surface area contributed by atoms with Crippen molar-refractivity contribution in [3.8, 4) is 5.69 Å². The summed E-state index contributed by atoms with van der Waals surface area (Å²) in [5, 5.41) is 17.1. The summed E-state index contributed by atoms with van der Waals surface area (Å²) >= 11 is 0. The van der Waals surface area contributed by atoms with E-state index in [-0.39, 0.29) is 5.56 Å². The summed E-state index contributed by atoms with van der Waals surface area (Å²) in [5.74, 6) is -0.281. The smallest absolute Gasteiger partial charge is 0.337 e. The van der Waals surface area contributed by atoms with Crippen LogP contribution in [0.2, 0.25) is 0 Å². The maximum absolute atomic E-state index is 11.5. The van der Waals surface area contributed by atoms with E-state index in [1.807, 2.05) is 39.0 Å². The van der Waals surface area contributed by atoms with Crippen molar-refractivity contribution in [1.29, 1.82) is 0 Å². The van der Waals surface area contributed by atoms with Crippen molar-refractivity contribution in [2.75, 3.05) is 5.32 Å². The molecule has 2 N–H and O–H groups in total. The third-order valence-corrected chi connectivity index (χ3v) is 3.74. The number of hydrogen-bond acceptors (Lipinski definition) is 4. The van der Waals surface area contributed by atoms with E-state index in [0.29, 0.717) is 11.5 Å². The predicted octanol–water partition coefficient (Wildman–Crippen LogP) is 3.63. The van der Waals surface area contributed by atoms with Gasteiger partial charge in [0, 0.05) is 12.3 Å². The molecule has 0 saturated heterocycles. The van der Waals surface area contributed by atoms with Gasteiger partial charge in [-0.25, -0.2) is 9.48 Å². The third-order valence-electron chi connectivity index (χ3n) is 3.74. The van der Waals surface area contributed by atoms with Crippen LogP contribution in [0, 0.1) is 20.8 Å². The van der Waals surface area contributed by atoms with Crippen LogP contribution in [0.1, 0.15) is 27.2 Å². The lowest BCUT2D eigenvalue weighted by Gasteiger charge is -2.13. The number of rotatable bonds is 4. The van der Waals surface area contributed by atoms with E-state index in [2.05, 4.69) is 15.4 Å². The van der Waals surface area contributed by atoms with Gasteiger partial charge in [0.05, 0.1) is 28.8 Å². The quantitative estimate of drug-likeness (QED) is 0.766. The number of carboxylic acid groups (broad SMARTS) is 1. The van der Waals surface area contributed by atoms with Gasteiger partial charge in [0.25, 0.3) is 0 Å². The van der Waals surface area contributed by atoms with E-state index in [0.717, 1.165) is 22.5 Å². The fourth-order valence-electron chi connectivity index (χ4n) is 2.53. The number of pyridine rings is 1. The monoisotopic (exact) mass is 322 g/mol. The van der Waals surface area contributed by atoms with Gasteiger partial charge in [0.15, 0.2) is 0 Å². The minimum Gasteiger partial charge on any atom is -0.478 e. The lowest BCUT2D eigenvalue weighted by Crippen LogP contribution is -2.08. The van der Waals surface area contributed by atoms with Gasteiger partial charge in [-0.15, -0.1) is 0 Å². The van der Waals surface area contributed by atoms with Gasteiger partial charge in [-0.2, -0.15) is 5.10 Å². The van der Waals surface area contributed by atoms with E-state index in [9.17, 15) is 9.90 Å². The second-order valence-electron chi connectivity index (χ2n) is 5.72. The predicted molar refractivity (Wildman–Crippen MR) is 92.3 cm³/mol. The van der Waals surface area contributed by atoms with Crippen LogP contribution in [0.4, 0.5) is 11.5 Å². The molecule has 0 atom stereocenters. The molecule has 6 nitrogen and oxygen atoms in total. The molecule has 0 aliphatic heterocycles. The molecule has 0 spiro atoms. The summed E-state index contributed by atoms with van der Waals surface area (Å²) in [6.45, 7) is 5.73. The van der Waals surface area contributed by atoms with Gasteiger partial charge in [-0.05, 0) is 44.5 Å². The summed E-state index contributed by atoms with van der Waals surface area (Å²) in [6, 6.07) is 9.06. The average molecular weight is 322 g/mol. The van der Waals surface area contributed by atoms with Crippen LogP contribution >= 0.6 is 0 Å². The Balaban J connectivity index is 2.07. The number of benzene rings is 1. The summed E-state index contributed by atoms with van der Waals surface area (Å²) < 4.78 is 1.74. The Bertz CT molecular complexity index is 915. The van der Waals surface area contributed by atoms with E-state index in [1.165, 1.54) is 0 Å². The van der Waals surface area contributed by atoms with Gasteiger partial charge in [-0.3, -0.25) is 4.98 Å². The van der Waals surface area contributed by atoms with Gasteiger partial charge >= 0.3 is 5.97 Å². The number of anilines is 2. The van der Waals surface area contributed by atoms with Crippen LogP contribution in [0.3, 0.4) is 0 Å². The van der Waals surface area contributed by atoms with E-state index in [1.54, 1.807) is 29.2 Å². The first kappa shape index (κ1) is 15.7. The molecule has 24 heavy (non-hydrogen) atoms. The van der Waals surface area contributed by atoms with Crippen LogP contribution in [-0.2, 0) is 0 Å². The molecule has 0 aliphatic rings. The molecule has 3 rings (SSSR count). The molecule has 0 amide bonds. The number of carbonyl (C=O) groups is 1. The summed E-state index contributed by atoms with van der Waals surface area (Å²) in [4.78, 5) is 15.7. The highest BCUT2D eigenvalue weighted by Crippen LogP contribution is 2.26. The average Bonchev–Trinajstić information content (AvgIpc) is 2.89. The zero-order valence-corrected chi connectivity index (χ0v) is 13.7. The summed E-state index contributed by atoms with van der Waals surface area (Å²) in [6.07, 6.45) is 3.46. The number of aromatic nitrogens is 3. The van der Waals surface area contributed by atoms with Crippen LogP contribution in [0.15, 0.2) is 42.7 Å². The summed E-state index contributed by atoms with van der Waals surface area (Å²) in [5.41, 5.74) is 4.34. The molecule has 1 aromatic carbocycles. The lowest BCUT2D eigenvalue weighted by atomic mass is 10.1. The Labute approximate surface area is 139 Å². The third kappa shape index (κ3) is 2.99. The van der Waals surface area contributed by atoms with Crippen molar-refractivity contribution in [2.45, 2.75) is 20.8 Å². The molecule has 0 bridgehead atoms. The van der Waals surface area contributed by atoms with Crippen LogP contribution in [0.5, 0.6) is 0 Å². The molecular formula is C18H18N4O2. The minimum absolute atomic E-state index is 0.225. The van der Waals surface area contributed by atoms with Crippen LogP contribution < -0.4 is 5.32 Å². The largest absolute Gasteiger partial charge is 0.478 e. The second-order valence-corrected chi connectivity index (χ2v) is 5.72. The maximum atomic E-state index is 11.5. The fraction of sp³-hybridized carbons (Fsp3) is 0.167. The van der Waals surface area contributed by atoms with E-state index < -0.39 is 5.97 Å². The summed E-state index contributed by atoms with van der Waals surface area (Å²) in [7, 11) is 0. The number of aryl methyl sites for hydroxylation is 3. The highest BCUT2D eigenvalue weighted by molar-refractivity contribution is 5.95. The first-order valence-corrected chi connectivity index (χ1v) is 7.54. The number of aromatic carboxylic acids is 1. The number of hydrogen-bond donors (Lipinski definition) is 2. The van der Waals surface area contributed by atoms with Crippen molar-refractivity contribution >= 4 is 17.5 Å². The normalized spacial score (nSPS) is 10.6. The molecule has 3 aromatic rings. The standard InChI is InChI=1S/C18H18N4O2/c1-11-4-5-15(14(8-11)18(23)24)20-17-9-13(3)21-22(17)16-10-19-7-6-12(16)2/h4-10,20H,1-3H3,(H,23,24). The van der Waals surface area contributed by atoms with Crippen LogP contribution in [-0.4, -0.2) is 25.8 Å². The zero-order chi connectivity index (χ0) is 17.3. The second kappa shape index (κ2) is 6.16. The fourth-order valence-corrected chi connectivity index (χ4v) is 2.53. The molecule has 122 valence electrons. The van der Waals surface area contributed by atoms with Crippen molar-refractivity contribution in [3.63, 3.8) is 0 Å². The molecule has 6 heteroatoms. The van der Waals surface area contributed by atoms with Gasteiger partial charge in [-0.1, -0.05) is 11.6 Å². The molecule has 0 saturated carbocycles. The van der Waals surface area contributed by atoms with Gasteiger partial charge in [0.2, 0.25) is 0 Å². The van der Waals surface area contributed by atoms with Crippen molar-refractivity contribution in [3.05, 3.63) is 65.1 Å². The molecule has 0 fully saturated rings. The SMILES string of the molecule is Cc1ccc(Nc2cc(C)nn2-c2cnccc2C)c(C(=O)O)c1. The Morgan fingerprint density at radius 3 is 2.67 bits per heavy atom. The topological polar surface area (TPSA) is 80.0 Å². The van der Waals surface area contributed by atoms with Crippen molar-refractivity contribution < 1.29 is 9.90 Å². The molecule has 0 radical (unpaired) electrons. The lowest BCUT2D eigenvalue weighted by molar-refractivity contribution is 0.0698. The molecule has 0 unspecified atom stereocenters. The van der Waals surface area contributed by atoms with Crippen molar-refractivity contribution in [2.24, 2.45) is 0 Å². The maximum Gasteiger partial charge on any atom is 0.337 e. The molecule has 2 aromatic heterocycles. The highest BCUT2D eigenvalue weighted by atomic mass is 16.4. The van der Waals surface area contributed by atoms with Gasteiger partial charge < -0.3 is 10.4 Å². The highest BCUT2D eigenvalue weighted by Gasteiger charge is 2.14. The first-order chi connectivity index (χ1) is 11.5. The number of nitrogens with zero attached hydrogens (tertiary/aromatic N) is 3. The van der Waals surface area contributed by atoms with Crippen LogP contribution in [0.25, 0.3) is 5.69 Å². The van der Waals surface area contributed by atoms with Crippen molar-refractivity contribution in [1.82, 2.24) is 14.8 Å². The Kier molecular flexibility index (Phi) is 4.04.